The molecule has 1 atom stereocenters. The SMILES string of the molecule is CN(C)P1CCC(N(C)C)(N(C)C)C1=NP(O[Cl+3]([O-])([O-])[O-])(N(C)C)(N(C)C)N(C)C. The van der Waals surface area contributed by atoms with Gasteiger partial charge >= 0.3 is 185 Å². The van der Waals surface area contributed by atoms with Crippen molar-refractivity contribution in [2.75, 3.05) is 90.7 Å². The van der Waals surface area contributed by atoms with E-state index in [9.17, 15) is 14.0 Å². The summed E-state index contributed by atoms with van der Waals surface area (Å²) >= 11 is 0. The first-order valence-corrected chi connectivity index (χ1v) is 14.2. The molecule has 0 saturated carbocycles. The van der Waals surface area contributed by atoms with Crippen LogP contribution in [0.15, 0.2) is 4.76 Å². The van der Waals surface area contributed by atoms with Crippen molar-refractivity contribution < 1.29 is 28.3 Å². The zero-order valence-corrected chi connectivity index (χ0v) is 23.0. The van der Waals surface area contributed by atoms with E-state index in [1.165, 1.54) is 0 Å². The molecule has 180 valence electrons. The minimum absolute atomic E-state index is 0.548. The predicted octanol–water partition coefficient (Wildman–Crippen LogP) is -1.71. The second kappa shape index (κ2) is 9.35. The summed E-state index contributed by atoms with van der Waals surface area (Å²) in [5.41, 5.74) is 0.277. The van der Waals surface area contributed by atoms with Crippen molar-refractivity contribution in [3.05, 3.63) is 0 Å². The van der Waals surface area contributed by atoms with Crippen LogP contribution < -0.4 is 14.0 Å². The maximum atomic E-state index is 12.0. The standard InChI is InChI=1S/C16H40ClN7O4P2/c1-19(2)16(20(3)4)13-14-29(21(5)6)15(16)18-30(22(7)8,23(9)10,24(11)12)28-17(25,26)27/h13-14H2,1-12H3. The number of rotatable bonds is 9. The molecule has 1 saturated heterocycles. The maximum absolute atomic E-state index is 12.0. The van der Waals surface area contributed by atoms with Crippen molar-refractivity contribution in [1.29, 1.82) is 0 Å². The van der Waals surface area contributed by atoms with Crippen LogP contribution in [0.4, 0.5) is 0 Å². The summed E-state index contributed by atoms with van der Waals surface area (Å²) in [6, 6.07) is 0. The van der Waals surface area contributed by atoms with E-state index in [0.717, 1.165) is 18.0 Å². The Bertz CT molecular complexity index is 609. The Labute approximate surface area is 185 Å². The molecule has 14 heteroatoms. The molecule has 1 aliphatic heterocycles. The molecule has 0 radical (unpaired) electrons. The Morgan fingerprint density at radius 2 is 1.23 bits per heavy atom. The molecular formula is C16H40ClN7O4P2. The Morgan fingerprint density at radius 1 is 0.833 bits per heavy atom. The van der Waals surface area contributed by atoms with Gasteiger partial charge in [-0.05, 0) is 0 Å². The molecule has 1 fully saturated rings. The fourth-order valence-corrected chi connectivity index (χ4v) is 13.6. The fourth-order valence-electron chi connectivity index (χ4n) is 4.31. The second-order valence-electron chi connectivity index (χ2n) is 8.60. The first-order chi connectivity index (χ1) is 13.4. The van der Waals surface area contributed by atoms with E-state index in [0.29, 0.717) is 0 Å². The zero-order chi connectivity index (χ0) is 23.9. The molecule has 0 bridgehead atoms. The van der Waals surface area contributed by atoms with Crippen molar-refractivity contribution >= 4 is 21.0 Å². The van der Waals surface area contributed by atoms with Crippen LogP contribution in [-0.4, -0.2) is 130 Å². The number of hydrogen-bond donors (Lipinski definition) is 0. The summed E-state index contributed by atoms with van der Waals surface area (Å²) in [6.07, 6.45) is 1.71. The summed E-state index contributed by atoms with van der Waals surface area (Å²) < 4.78 is 53.9. The van der Waals surface area contributed by atoms with E-state index >= 15 is 0 Å². The van der Waals surface area contributed by atoms with Crippen LogP contribution in [0.3, 0.4) is 0 Å². The van der Waals surface area contributed by atoms with Crippen LogP contribution >= 0.6 is 15.5 Å². The molecule has 0 aromatic rings. The minimum atomic E-state index is -4.77. The molecule has 1 rings (SSSR count). The molecular weight excluding hydrogens is 452 g/mol. The van der Waals surface area contributed by atoms with E-state index in [1.54, 1.807) is 56.3 Å². The molecule has 11 nitrogen and oxygen atoms in total. The van der Waals surface area contributed by atoms with Gasteiger partial charge in [-0.15, -0.1) is 0 Å². The Hall–Kier alpha value is 0.420. The Balaban J connectivity index is 4.15. The molecule has 0 aromatic carbocycles. The van der Waals surface area contributed by atoms with Crippen molar-refractivity contribution in [3.8, 4) is 0 Å². The van der Waals surface area contributed by atoms with Gasteiger partial charge in [0.25, 0.3) is 0 Å². The second-order valence-corrected chi connectivity index (χ2v) is 16.7. The number of halogens is 1. The van der Waals surface area contributed by atoms with E-state index < -0.39 is 31.4 Å². The van der Waals surface area contributed by atoms with Crippen molar-refractivity contribution in [2.45, 2.75) is 12.1 Å². The van der Waals surface area contributed by atoms with Gasteiger partial charge in [0.05, 0.1) is 0 Å². The average molecular weight is 492 g/mol. The van der Waals surface area contributed by atoms with Crippen LogP contribution in [0.2, 0.25) is 0 Å². The third-order valence-corrected chi connectivity index (χ3v) is 14.9. The summed E-state index contributed by atoms with van der Waals surface area (Å²) in [7, 11) is 12.1. The van der Waals surface area contributed by atoms with Crippen LogP contribution in [0.1, 0.15) is 6.42 Å². The van der Waals surface area contributed by atoms with Gasteiger partial charge in [0.15, 0.2) is 0 Å². The van der Waals surface area contributed by atoms with Crippen molar-refractivity contribution in [3.63, 3.8) is 0 Å². The molecule has 0 aliphatic carbocycles. The van der Waals surface area contributed by atoms with Crippen molar-refractivity contribution in [1.82, 2.24) is 28.5 Å². The molecule has 0 spiro atoms. The topological polar surface area (TPSA) is 110 Å². The van der Waals surface area contributed by atoms with E-state index in [2.05, 4.69) is 14.5 Å². The van der Waals surface area contributed by atoms with Crippen LogP contribution in [-0.2, 0) is 4.08 Å². The molecule has 1 unspecified atom stereocenters. The van der Waals surface area contributed by atoms with Gasteiger partial charge in [0.1, 0.15) is 0 Å². The third-order valence-electron chi connectivity index (χ3n) is 5.81. The normalized spacial score (nSPS) is 23.6. The fraction of sp³-hybridized carbons (Fsp3) is 0.938. The Morgan fingerprint density at radius 3 is 1.50 bits per heavy atom. The molecule has 30 heavy (non-hydrogen) atoms. The van der Waals surface area contributed by atoms with Gasteiger partial charge in [-0.25, -0.2) is 0 Å². The van der Waals surface area contributed by atoms with Gasteiger partial charge in [-0.2, -0.15) is 0 Å². The van der Waals surface area contributed by atoms with Gasteiger partial charge in [0, 0.05) is 0 Å². The first kappa shape index (κ1) is 28.5. The summed E-state index contributed by atoms with van der Waals surface area (Å²) in [4.78, 5) is 4.21. The average Bonchev–Trinajstić information content (AvgIpc) is 2.92. The molecule has 1 aliphatic rings. The van der Waals surface area contributed by atoms with Gasteiger partial charge in [-0.3, -0.25) is 0 Å². The van der Waals surface area contributed by atoms with E-state index in [1.807, 2.05) is 42.3 Å². The van der Waals surface area contributed by atoms with Crippen LogP contribution in [0, 0.1) is 10.2 Å². The number of hydrogen-bond acceptors (Lipinski definition) is 11. The predicted molar refractivity (Wildman–Crippen MR) is 117 cm³/mol. The Kier molecular flexibility index (Phi) is 8.87. The van der Waals surface area contributed by atoms with E-state index in [4.69, 9.17) is 8.84 Å². The number of nitrogens with zero attached hydrogens (tertiary/aromatic N) is 7. The summed E-state index contributed by atoms with van der Waals surface area (Å²) in [5.74, 6) is 0. The summed E-state index contributed by atoms with van der Waals surface area (Å²) in [6.45, 7) is 0. The third kappa shape index (κ3) is 4.43. The summed E-state index contributed by atoms with van der Waals surface area (Å²) in [5, 5.41) is 0. The molecule has 0 N–H and O–H groups in total. The van der Waals surface area contributed by atoms with E-state index in [-0.39, 0.29) is 0 Å². The van der Waals surface area contributed by atoms with Crippen LogP contribution in [0.25, 0.3) is 0 Å². The quantitative estimate of drug-likeness (QED) is 0.273. The monoisotopic (exact) mass is 491 g/mol. The zero-order valence-electron chi connectivity index (χ0n) is 20.5. The van der Waals surface area contributed by atoms with Gasteiger partial charge in [0.2, 0.25) is 0 Å². The first-order valence-electron chi connectivity index (χ1n) is 9.48. The molecule has 0 aromatic heterocycles. The van der Waals surface area contributed by atoms with Crippen molar-refractivity contribution in [2.24, 2.45) is 4.76 Å². The molecule has 0 amide bonds. The molecule has 1 heterocycles. The van der Waals surface area contributed by atoms with Gasteiger partial charge in [-0.1, -0.05) is 0 Å². The van der Waals surface area contributed by atoms with Crippen LogP contribution in [0.5, 0.6) is 0 Å². The van der Waals surface area contributed by atoms with Gasteiger partial charge < -0.3 is 0 Å².